The minimum Gasteiger partial charge on any atom is -0.332 e. The van der Waals surface area contributed by atoms with E-state index >= 15 is 0 Å². The number of amides is 2. The molecule has 2 heterocycles. The fourth-order valence-corrected chi connectivity index (χ4v) is 4.28. The first kappa shape index (κ1) is 19.8. The van der Waals surface area contributed by atoms with Crippen molar-refractivity contribution in [1.82, 2.24) is 19.9 Å². The van der Waals surface area contributed by atoms with Gasteiger partial charge in [-0.25, -0.2) is 9.78 Å². The van der Waals surface area contributed by atoms with Gasteiger partial charge in [-0.3, -0.25) is 4.79 Å². The number of aryl methyl sites for hydroxylation is 3. The van der Waals surface area contributed by atoms with Crippen LogP contribution in [0.1, 0.15) is 22.4 Å². The van der Waals surface area contributed by atoms with Crippen LogP contribution in [0.5, 0.6) is 0 Å². The van der Waals surface area contributed by atoms with Gasteiger partial charge < -0.3 is 10.6 Å². The van der Waals surface area contributed by atoms with E-state index in [0.717, 1.165) is 32.9 Å². The maximum Gasteiger partial charge on any atom is 0.319 e. The molecule has 2 aromatic heterocycles. The average molecular weight is 420 g/mol. The average Bonchev–Trinajstić information content (AvgIpc) is 3.10. The van der Waals surface area contributed by atoms with Crippen molar-refractivity contribution in [3.8, 4) is 10.6 Å². The van der Waals surface area contributed by atoms with E-state index in [1.165, 1.54) is 21.9 Å². The first-order valence-corrected chi connectivity index (χ1v) is 10.3. The molecule has 0 aliphatic carbocycles. The maximum absolute atomic E-state index is 12.5. The molecule has 30 heavy (non-hydrogen) atoms. The molecular formula is C22H21N5O2S. The molecule has 4 aromatic rings. The number of hydrogen-bond donors (Lipinski definition) is 2. The number of fused-ring (bicyclic) bond motifs is 1. The Morgan fingerprint density at radius 2 is 1.80 bits per heavy atom. The Labute approximate surface area is 177 Å². The van der Waals surface area contributed by atoms with Gasteiger partial charge in [0, 0.05) is 17.3 Å². The predicted molar refractivity (Wildman–Crippen MR) is 119 cm³/mol. The van der Waals surface area contributed by atoms with E-state index in [-0.39, 0.29) is 18.1 Å². The van der Waals surface area contributed by atoms with E-state index in [4.69, 9.17) is 0 Å². The Morgan fingerprint density at radius 3 is 2.53 bits per heavy atom. The molecule has 0 saturated heterocycles. The molecule has 0 unspecified atom stereocenters. The van der Waals surface area contributed by atoms with Gasteiger partial charge in [-0.15, -0.1) is 0 Å². The van der Waals surface area contributed by atoms with Crippen LogP contribution in [0.4, 0.5) is 10.5 Å². The zero-order chi connectivity index (χ0) is 21.3. The molecule has 152 valence electrons. The number of hydrogen-bond acceptors (Lipinski definition) is 5. The van der Waals surface area contributed by atoms with E-state index in [1.807, 2.05) is 63.2 Å². The molecule has 4 rings (SSSR count). The normalized spacial score (nSPS) is 10.9. The quantitative estimate of drug-likeness (QED) is 0.522. The molecule has 2 amide bonds. The highest BCUT2D eigenvalue weighted by Crippen LogP contribution is 2.26. The van der Waals surface area contributed by atoms with Crippen molar-refractivity contribution in [2.75, 3.05) is 5.32 Å². The number of aromatic nitrogens is 3. The van der Waals surface area contributed by atoms with Crippen molar-refractivity contribution < 1.29 is 4.79 Å². The van der Waals surface area contributed by atoms with Gasteiger partial charge in [-0.2, -0.15) is 9.61 Å². The van der Waals surface area contributed by atoms with E-state index in [1.54, 1.807) is 0 Å². The van der Waals surface area contributed by atoms with Gasteiger partial charge in [0.15, 0.2) is 0 Å². The summed E-state index contributed by atoms with van der Waals surface area (Å²) in [7, 11) is 0. The fourth-order valence-electron chi connectivity index (χ4n) is 3.26. The molecule has 7 nitrogen and oxygen atoms in total. The minimum atomic E-state index is -0.355. The number of carbonyl (C=O) groups excluding carboxylic acids is 1. The highest BCUT2D eigenvalue weighted by atomic mass is 32.1. The van der Waals surface area contributed by atoms with Gasteiger partial charge in [0.1, 0.15) is 5.01 Å². The number of nitrogens with one attached hydrogen (secondary N) is 2. The largest absolute Gasteiger partial charge is 0.332 e. The van der Waals surface area contributed by atoms with Crippen LogP contribution in [-0.2, 0) is 6.54 Å². The lowest BCUT2D eigenvalue weighted by Gasteiger charge is -2.09. The van der Waals surface area contributed by atoms with Crippen LogP contribution in [-0.4, -0.2) is 20.6 Å². The molecule has 0 bridgehead atoms. The van der Waals surface area contributed by atoms with Gasteiger partial charge in [-0.1, -0.05) is 41.7 Å². The first-order chi connectivity index (χ1) is 14.4. The molecule has 0 aliphatic heterocycles. The lowest BCUT2D eigenvalue weighted by atomic mass is 10.1. The van der Waals surface area contributed by atoms with Crippen molar-refractivity contribution in [2.24, 2.45) is 0 Å². The van der Waals surface area contributed by atoms with Crippen LogP contribution in [0.2, 0.25) is 0 Å². The molecule has 0 spiro atoms. The minimum absolute atomic E-state index is 0.139. The van der Waals surface area contributed by atoms with Crippen LogP contribution < -0.4 is 16.2 Å². The molecule has 0 radical (unpaired) electrons. The summed E-state index contributed by atoms with van der Waals surface area (Å²) in [6.45, 7) is 6.09. The van der Waals surface area contributed by atoms with E-state index in [0.29, 0.717) is 10.7 Å². The third-order valence-corrected chi connectivity index (χ3v) is 5.52. The van der Waals surface area contributed by atoms with Crippen molar-refractivity contribution in [3.05, 3.63) is 81.3 Å². The highest BCUT2D eigenvalue weighted by Gasteiger charge is 2.12. The third kappa shape index (κ3) is 4.23. The number of benzene rings is 2. The smallest absolute Gasteiger partial charge is 0.319 e. The highest BCUT2D eigenvalue weighted by molar-refractivity contribution is 7.19. The summed E-state index contributed by atoms with van der Waals surface area (Å²) in [5.41, 5.74) is 5.12. The number of rotatable bonds is 4. The van der Waals surface area contributed by atoms with Crippen molar-refractivity contribution >= 4 is 28.0 Å². The first-order valence-electron chi connectivity index (χ1n) is 9.48. The van der Waals surface area contributed by atoms with Crippen molar-refractivity contribution in [3.63, 3.8) is 0 Å². The topological polar surface area (TPSA) is 88.4 Å². The van der Waals surface area contributed by atoms with E-state index in [2.05, 4.69) is 20.7 Å². The number of urea groups is 1. The molecule has 2 aromatic carbocycles. The monoisotopic (exact) mass is 419 g/mol. The number of carbonyl (C=O) groups is 1. The Morgan fingerprint density at radius 1 is 1.07 bits per heavy atom. The SMILES string of the molecule is Cc1cc(C)cc(NC(=O)NCc2cc(=O)n3nc(-c4ccccc4C)sc3n2)c1. The van der Waals surface area contributed by atoms with Crippen LogP contribution >= 0.6 is 11.3 Å². The summed E-state index contributed by atoms with van der Waals surface area (Å²) >= 11 is 1.35. The van der Waals surface area contributed by atoms with Crippen molar-refractivity contribution in [2.45, 2.75) is 27.3 Å². The fraction of sp³-hybridized carbons (Fsp3) is 0.182. The molecule has 0 fully saturated rings. The van der Waals surface area contributed by atoms with Gasteiger partial charge in [0.25, 0.3) is 5.56 Å². The summed E-state index contributed by atoms with van der Waals surface area (Å²) in [5, 5.41) is 10.7. The molecule has 2 N–H and O–H groups in total. The molecule has 0 saturated carbocycles. The second-order valence-corrected chi connectivity index (χ2v) is 8.14. The van der Waals surface area contributed by atoms with Crippen LogP contribution in [0.15, 0.2) is 53.3 Å². The maximum atomic E-state index is 12.5. The van der Waals surface area contributed by atoms with Gasteiger partial charge in [0.2, 0.25) is 4.96 Å². The van der Waals surface area contributed by atoms with Crippen LogP contribution in [0.25, 0.3) is 15.5 Å². The second kappa shape index (κ2) is 8.08. The number of nitrogens with zero attached hydrogens (tertiary/aromatic N) is 3. The van der Waals surface area contributed by atoms with Gasteiger partial charge >= 0.3 is 6.03 Å². The summed E-state index contributed by atoms with van der Waals surface area (Å²) < 4.78 is 1.30. The van der Waals surface area contributed by atoms with Crippen molar-refractivity contribution in [1.29, 1.82) is 0 Å². The molecule has 8 heteroatoms. The Balaban J connectivity index is 1.51. The number of anilines is 1. The lowest BCUT2D eigenvalue weighted by Crippen LogP contribution is -2.29. The summed E-state index contributed by atoms with van der Waals surface area (Å²) in [5.74, 6) is 0. The summed E-state index contributed by atoms with van der Waals surface area (Å²) in [6, 6.07) is 14.7. The summed E-state index contributed by atoms with van der Waals surface area (Å²) in [4.78, 5) is 29.7. The standard InChI is InChI=1S/C22H21N5O2S/c1-13-8-14(2)10-16(9-13)24-21(29)23-12-17-11-19(28)27-22(25-17)30-20(26-27)18-7-5-4-6-15(18)3/h4-11H,12H2,1-3H3,(H2,23,24,29). The van der Waals surface area contributed by atoms with Gasteiger partial charge in [0.05, 0.1) is 12.2 Å². The third-order valence-electron chi connectivity index (χ3n) is 4.58. The predicted octanol–water partition coefficient (Wildman–Crippen LogP) is 4.06. The van der Waals surface area contributed by atoms with Gasteiger partial charge in [-0.05, 0) is 49.6 Å². The Kier molecular flexibility index (Phi) is 5.33. The Hall–Kier alpha value is -3.52. The van der Waals surface area contributed by atoms with E-state index < -0.39 is 0 Å². The summed E-state index contributed by atoms with van der Waals surface area (Å²) in [6.07, 6.45) is 0. The van der Waals surface area contributed by atoms with Crippen LogP contribution in [0.3, 0.4) is 0 Å². The molecule has 0 aliphatic rings. The Bertz CT molecular complexity index is 1290. The molecular weight excluding hydrogens is 398 g/mol. The lowest BCUT2D eigenvalue weighted by molar-refractivity contribution is 0.251. The zero-order valence-electron chi connectivity index (χ0n) is 16.9. The van der Waals surface area contributed by atoms with Crippen LogP contribution in [0, 0.1) is 20.8 Å². The second-order valence-electron chi connectivity index (χ2n) is 7.19. The molecule has 0 atom stereocenters. The zero-order valence-corrected chi connectivity index (χ0v) is 17.7. The van der Waals surface area contributed by atoms with E-state index in [9.17, 15) is 9.59 Å².